The zero-order chi connectivity index (χ0) is 39.3. The van der Waals surface area contributed by atoms with Gasteiger partial charge in [0, 0.05) is 21.5 Å². The highest BCUT2D eigenvalue weighted by atomic mass is 16.3. The predicted octanol–water partition coefficient (Wildman–Crippen LogP) is 16.8. The van der Waals surface area contributed by atoms with Crippen LogP contribution in [0.15, 0.2) is 215 Å². The van der Waals surface area contributed by atoms with Crippen LogP contribution in [0.4, 0.5) is 0 Å². The van der Waals surface area contributed by atoms with Gasteiger partial charge in [0.15, 0.2) is 0 Å². The molecule has 11 aromatic carbocycles. The maximum Gasteiger partial charge on any atom is 0.136 e. The minimum absolute atomic E-state index is 0.872. The van der Waals surface area contributed by atoms with E-state index >= 15 is 0 Å². The van der Waals surface area contributed by atoms with Crippen LogP contribution in [0.25, 0.3) is 131 Å². The van der Waals surface area contributed by atoms with Crippen molar-refractivity contribution in [3.8, 4) is 44.5 Å². The molecule has 0 saturated carbocycles. The monoisotopic (exact) mass is 762 g/mol. The van der Waals surface area contributed by atoms with E-state index in [9.17, 15) is 0 Å². The van der Waals surface area contributed by atoms with Crippen molar-refractivity contribution < 1.29 is 8.83 Å². The van der Waals surface area contributed by atoms with E-state index in [1.54, 1.807) is 0 Å². The summed E-state index contributed by atoms with van der Waals surface area (Å²) in [5.74, 6) is 0. The third kappa shape index (κ3) is 4.64. The molecule has 0 aliphatic heterocycles. The third-order valence-corrected chi connectivity index (χ3v) is 12.7. The van der Waals surface area contributed by atoms with Crippen LogP contribution in [0.5, 0.6) is 0 Å². The first kappa shape index (κ1) is 33.1. The summed E-state index contributed by atoms with van der Waals surface area (Å²) in [6.45, 7) is 0. The molecule has 0 N–H and O–H groups in total. The van der Waals surface area contributed by atoms with Gasteiger partial charge in [-0.1, -0.05) is 182 Å². The molecule has 13 rings (SSSR count). The smallest absolute Gasteiger partial charge is 0.136 e. The minimum atomic E-state index is 0.872. The number of furan rings is 2. The zero-order valence-corrected chi connectivity index (χ0v) is 32.4. The highest BCUT2D eigenvalue weighted by Gasteiger charge is 2.25. The van der Waals surface area contributed by atoms with Crippen molar-refractivity contribution in [2.45, 2.75) is 0 Å². The largest absolute Gasteiger partial charge is 0.456 e. The average molecular weight is 763 g/mol. The Labute approximate surface area is 345 Å². The van der Waals surface area contributed by atoms with Crippen molar-refractivity contribution in [1.82, 2.24) is 0 Å². The lowest BCUT2D eigenvalue weighted by Crippen LogP contribution is -1.92. The summed E-state index contributed by atoms with van der Waals surface area (Å²) in [4.78, 5) is 0. The van der Waals surface area contributed by atoms with E-state index in [0.717, 1.165) is 55.0 Å². The lowest BCUT2D eigenvalue weighted by atomic mass is 9.83. The fraction of sp³-hybridized carbons (Fsp3) is 0. The van der Waals surface area contributed by atoms with Gasteiger partial charge in [0.05, 0.1) is 0 Å². The summed E-state index contributed by atoms with van der Waals surface area (Å²) in [5, 5.41) is 14.2. The van der Waals surface area contributed by atoms with Crippen LogP contribution in [-0.2, 0) is 0 Å². The molecule has 2 heteroatoms. The van der Waals surface area contributed by atoms with Crippen molar-refractivity contribution in [3.63, 3.8) is 0 Å². The maximum absolute atomic E-state index is 6.88. The van der Waals surface area contributed by atoms with Crippen molar-refractivity contribution in [3.05, 3.63) is 206 Å². The molecule has 2 heterocycles. The van der Waals surface area contributed by atoms with Crippen LogP contribution in [0.1, 0.15) is 0 Å². The maximum atomic E-state index is 6.88. The van der Waals surface area contributed by atoms with E-state index in [-0.39, 0.29) is 0 Å². The molecule has 0 spiro atoms. The van der Waals surface area contributed by atoms with Gasteiger partial charge in [-0.2, -0.15) is 0 Å². The molecule has 0 radical (unpaired) electrons. The number of fused-ring (bicyclic) bond motifs is 10. The van der Waals surface area contributed by atoms with Gasteiger partial charge in [0.2, 0.25) is 0 Å². The number of para-hydroxylation sites is 1. The number of hydrogen-bond acceptors (Lipinski definition) is 2. The second-order valence-electron chi connectivity index (χ2n) is 15.8. The van der Waals surface area contributed by atoms with Gasteiger partial charge in [-0.05, 0) is 112 Å². The third-order valence-electron chi connectivity index (χ3n) is 12.7. The van der Waals surface area contributed by atoms with Gasteiger partial charge in [-0.3, -0.25) is 0 Å². The van der Waals surface area contributed by atoms with Gasteiger partial charge in [0.1, 0.15) is 22.3 Å². The summed E-state index contributed by atoms with van der Waals surface area (Å²) in [7, 11) is 0. The van der Waals surface area contributed by atoms with Crippen LogP contribution in [0.2, 0.25) is 0 Å². The Morgan fingerprint density at radius 3 is 0.933 bits per heavy atom. The normalized spacial score (nSPS) is 12.0. The quantitative estimate of drug-likeness (QED) is 0.167. The molecular weight excluding hydrogens is 729 g/mol. The number of rotatable bonds is 4. The Morgan fingerprint density at radius 2 is 0.500 bits per heavy atom. The lowest BCUT2D eigenvalue weighted by Gasteiger charge is -2.19. The van der Waals surface area contributed by atoms with E-state index in [1.165, 1.54) is 76.5 Å². The van der Waals surface area contributed by atoms with Crippen LogP contribution >= 0.6 is 0 Å². The van der Waals surface area contributed by atoms with E-state index in [4.69, 9.17) is 8.83 Å². The molecule has 0 fully saturated rings. The first-order valence-corrected chi connectivity index (χ1v) is 20.6. The SMILES string of the molecule is c1ccc(-c2c3ccccc3c(-c3cccc4oc5cccc(-c6c7ccccc7c(-c7cccc8oc9ccccc9c78)c7ccccc67)c5c34)c3ccccc23)cc1. The second-order valence-corrected chi connectivity index (χ2v) is 15.8. The Hall–Kier alpha value is -7.94. The summed E-state index contributed by atoms with van der Waals surface area (Å²) >= 11 is 0. The molecule has 0 aliphatic rings. The summed E-state index contributed by atoms with van der Waals surface area (Å²) in [5.41, 5.74) is 13.1. The molecule has 0 saturated heterocycles. The van der Waals surface area contributed by atoms with Gasteiger partial charge < -0.3 is 8.83 Å². The highest BCUT2D eigenvalue weighted by molar-refractivity contribution is 6.31. The molecular formula is C58H34O2. The van der Waals surface area contributed by atoms with E-state index in [1.807, 2.05) is 6.07 Å². The van der Waals surface area contributed by atoms with Gasteiger partial charge in [-0.25, -0.2) is 0 Å². The van der Waals surface area contributed by atoms with Crippen molar-refractivity contribution in [2.24, 2.45) is 0 Å². The summed E-state index contributed by atoms with van der Waals surface area (Å²) in [6, 6.07) is 74.4. The zero-order valence-electron chi connectivity index (χ0n) is 32.4. The molecule has 0 unspecified atom stereocenters. The minimum Gasteiger partial charge on any atom is -0.456 e. The highest BCUT2D eigenvalue weighted by Crippen LogP contribution is 2.51. The standard InChI is InChI=1S/C58H34O2/c1-2-17-35(18-3-1)52-36-19-4-6-21-38(36)54(39-22-7-5-20-37(39)52)46-29-15-33-50-57(46)58-47(30-16-34-51(58)60-50)55-42-25-10-8-23-40(42)53(41-24-9-11-26-43(41)55)45-28-14-32-49-56(45)44-27-12-13-31-48(44)59-49/h1-34H. The Bertz CT molecular complexity index is 3770. The first-order chi connectivity index (χ1) is 29.8. The van der Waals surface area contributed by atoms with Crippen molar-refractivity contribution in [2.75, 3.05) is 0 Å². The number of benzene rings is 11. The van der Waals surface area contributed by atoms with E-state index < -0.39 is 0 Å². The summed E-state index contributed by atoms with van der Waals surface area (Å²) < 4.78 is 13.3. The van der Waals surface area contributed by atoms with Gasteiger partial charge >= 0.3 is 0 Å². The van der Waals surface area contributed by atoms with Gasteiger partial charge in [0.25, 0.3) is 0 Å². The second kappa shape index (κ2) is 12.8. The van der Waals surface area contributed by atoms with Crippen molar-refractivity contribution >= 4 is 87.0 Å². The Balaban J connectivity index is 1.16. The van der Waals surface area contributed by atoms with Crippen LogP contribution < -0.4 is 0 Å². The first-order valence-electron chi connectivity index (χ1n) is 20.6. The molecule has 13 aromatic rings. The topological polar surface area (TPSA) is 26.3 Å². The van der Waals surface area contributed by atoms with Crippen LogP contribution in [-0.4, -0.2) is 0 Å². The van der Waals surface area contributed by atoms with E-state index in [2.05, 4.69) is 200 Å². The molecule has 60 heavy (non-hydrogen) atoms. The molecule has 0 bridgehead atoms. The fourth-order valence-electron chi connectivity index (χ4n) is 10.3. The predicted molar refractivity (Wildman–Crippen MR) is 253 cm³/mol. The Morgan fingerprint density at radius 1 is 0.200 bits per heavy atom. The molecule has 0 amide bonds. The molecule has 278 valence electrons. The lowest BCUT2D eigenvalue weighted by molar-refractivity contribution is 0.668. The molecule has 2 nitrogen and oxygen atoms in total. The molecule has 0 aliphatic carbocycles. The average Bonchev–Trinajstić information content (AvgIpc) is 3.89. The van der Waals surface area contributed by atoms with Gasteiger partial charge in [-0.15, -0.1) is 0 Å². The summed E-state index contributed by atoms with van der Waals surface area (Å²) in [6.07, 6.45) is 0. The van der Waals surface area contributed by atoms with E-state index in [0.29, 0.717) is 0 Å². The van der Waals surface area contributed by atoms with Crippen LogP contribution in [0.3, 0.4) is 0 Å². The molecule has 2 aromatic heterocycles. The number of hydrogen-bond donors (Lipinski definition) is 0. The fourth-order valence-corrected chi connectivity index (χ4v) is 10.3. The molecule has 0 atom stereocenters. The van der Waals surface area contributed by atoms with Crippen molar-refractivity contribution in [1.29, 1.82) is 0 Å². The Kier molecular flexibility index (Phi) is 7.05. The van der Waals surface area contributed by atoms with Crippen LogP contribution in [0, 0.1) is 0 Å².